The summed E-state index contributed by atoms with van der Waals surface area (Å²) in [6.45, 7) is 4.81. The van der Waals surface area contributed by atoms with Crippen molar-refractivity contribution in [1.29, 1.82) is 0 Å². The Kier molecular flexibility index (Phi) is 3.24. The molecule has 6 atom stereocenters. The zero-order valence-electron chi connectivity index (χ0n) is 13.3. The van der Waals surface area contributed by atoms with Crippen molar-refractivity contribution in [1.82, 2.24) is 0 Å². The van der Waals surface area contributed by atoms with Crippen molar-refractivity contribution in [3.63, 3.8) is 0 Å². The first kappa shape index (κ1) is 14.5. The molecule has 0 bridgehead atoms. The van der Waals surface area contributed by atoms with Crippen molar-refractivity contribution in [3.8, 4) is 0 Å². The summed E-state index contributed by atoms with van der Waals surface area (Å²) in [7, 11) is 0. The van der Waals surface area contributed by atoms with Gasteiger partial charge in [0.2, 0.25) is 0 Å². The molecule has 3 fully saturated rings. The number of hydrogen-bond donors (Lipinski definition) is 0. The molecule has 3 saturated carbocycles. The van der Waals surface area contributed by atoms with Crippen LogP contribution in [-0.2, 0) is 4.79 Å². The molecule has 2 heteroatoms. The smallest absolute Gasteiger partial charge is 0.139 e. The first-order valence-electron chi connectivity index (χ1n) is 8.82. The van der Waals surface area contributed by atoms with E-state index in [1.807, 2.05) is 0 Å². The van der Waals surface area contributed by atoms with Crippen molar-refractivity contribution in [3.05, 3.63) is 11.6 Å². The number of carbonyl (C=O) groups excluding carboxylic acids is 1. The van der Waals surface area contributed by atoms with E-state index >= 15 is 0 Å². The Bertz CT molecular complexity index is 510. The van der Waals surface area contributed by atoms with Gasteiger partial charge in [-0.25, -0.2) is 0 Å². The van der Waals surface area contributed by atoms with Gasteiger partial charge in [-0.3, -0.25) is 4.79 Å². The SMILES string of the molecule is C[C@]12CC[C@H](Br)CC1=CC[C@@H]1[C@@H]2CC[C@]2(C)C(=O)CC[C@@H]12. The topological polar surface area (TPSA) is 17.1 Å². The van der Waals surface area contributed by atoms with E-state index in [-0.39, 0.29) is 5.41 Å². The van der Waals surface area contributed by atoms with Gasteiger partial charge < -0.3 is 0 Å². The maximum Gasteiger partial charge on any atom is 0.139 e. The van der Waals surface area contributed by atoms with Crippen LogP contribution in [0.1, 0.15) is 65.2 Å². The van der Waals surface area contributed by atoms with E-state index in [0.717, 1.165) is 31.1 Å². The highest BCUT2D eigenvalue weighted by Gasteiger charge is 2.58. The third kappa shape index (κ3) is 1.90. The van der Waals surface area contributed by atoms with Crippen LogP contribution in [0.5, 0.6) is 0 Å². The number of hydrogen-bond acceptors (Lipinski definition) is 1. The lowest BCUT2D eigenvalue weighted by molar-refractivity contribution is -0.131. The third-order valence-corrected chi connectivity index (χ3v) is 8.53. The predicted octanol–water partition coefficient (Wildman–Crippen LogP) is 5.28. The molecule has 0 radical (unpaired) electrons. The molecule has 4 aliphatic rings. The molecule has 21 heavy (non-hydrogen) atoms. The molecule has 4 aliphatic carbocycles. The molecular formula is C19H27BrO. The van der Waals surface area contributed by atoms with Gasteiger partial charge in [0.05, 0.1) is 0 Å². The molecule has 0 unspecified atom stereocenters. The van der Waals surface area contributed by atoms with Gasteiger partial charge in [-0.1, -0.05) is 41.4 Å². The number of carbonyl (C=O) groups is 1. The average Bonchev–Trinajstić information content (AvgIpc) is 2.76. The fourth-order valence-electron chi connectivity index (χ4n) is 6.39. The van der Waals surface area contributed by atoms with Crippen LogP contribution < -0.4 is 0 Å². The molecular weight excluding hydrogens is 324 g/mol. The molecule has 0 aliphatic heterocycles. The summed E-state index contributed by atoms with van der Waals surface area (Å²) in [5.41, 5.74) is 2.18. The van der Waals surface area contributed by atoms with E-state index < -0.39 is 0 Å². The Morgan fingerprint density at radius 2 is 1.81 bits per heavy atom. The lowest BCUT2D eigenvalue weighted by atomic mass is 9.48. The van der Waals surface area contributed by atoms with Gasteiger partial charge in [0.25, 0.3) is 0 Å². The van der Waals surface area contributed by atoms with Crippen molar-refractivity contribution >= 4 is 21.7 Å². The minimum atomic E-state index is 0.0233. The Balaban J connectivity index is 1.69. The third-order valence-electron chi connectivity index (χ3n) is 7.75. The van der Waals surface area contributed by atoms with Crippen molar-refractivity contribution < 1.29 is 4.79 Å². The molecule has 0 N–H and O–H groups in total. The number of allylic oxidation sites excluding steroid dienone is 2. The highest BCUT2D eigenvalue weighted by Crippen LogP contribution is 2.64. The number of alkyl halides is 1. The Hall–Kier alpha value is -0.110. The van der Waals surface area contributed by atoms with Crippen LogP contribution in [-0.4, -0.2) is 10.6 Å². The maximum absolute atomic E-state index is 12.4. The van der Waals surface area contributed by atoms with Crippen molar-refractivity contribution in [2.24, 2.45) is 28.6 Å². The first-order valence-corrected chi connectivity index (χ1v) is 9.73. The van der Waals surface area contributed by atoms with E-state index in [0.29, 0.717) is 21.9 Å². The Labute approximate surface area is 137 Å². The zero-order valence-corrected chi connectivity index (χ0v) is 14.9. The maximum atomic E-state index is 12.4. The average molecular weight is 351 g/mol. The fourth-order valence-corrected chi connectivity index (χ4v) is 6.97. The van der Waals surface area contributed by atoms with Crippen LogP contribution >= 0.6 is 15.9 Å². The van der Waals surface area contributed by atoms with E-state index in [4.69, 9.17) is 0 Å². The summed E-state index contributed by atoms with van der Waals surface area (Å²) < 4.78 is 0. The first-order chi connectivity index (χ1) is 9.95. The van der Waals surface area contributed by atoms with Gasteiger partial charge >= 0.3 is 0 Å². The summed E-state index contributed by atoms with van der Waals surface area (Å²) in [6.07, 6.45) is 12.2. The van der Waals surface area contributed by atoms with E-state index in [9.17, 15) is 4.79 Å². The second-order valence-corrected chi connectivity index (χ2v) is 9.81. The van der Waals surface area contributed by atoms with Gasteiger partial charge in [-0.05, 0) is 68.1 Å². The summed E-state index contributed by atoms with van der Waals surface area (Å²) in [5.74, 6) is 2.84. The molecule has 0 saturated heterocycles. The van der Waals surface area contributed by atoms with E-state index in [1.54, 1.807) is 5.57 Å². The molecule has 116 valence electrons. The van der Waals surface area contributed by atoms with Crippen LogP contribution in [0.4, 0.5) is 0 Å². The lowest BCUT2D eigenvalue weighted by Gasteiger charge is -2.56. The molecule has 1 nitrogen and oxygen atoms in total. The number of fused-ring (bicyclic) bond motifs is 5. The Morgan fingerprint density at radius 1 is 1.10 bits per heavy atom. The number of halogens is 1. The van der Waals surface area contributed by atoms with Crippen molar-refractivity contribution in [2.75, 3.05) is 0 Å². The minimum Gasteiger partial charge on any atom is -0.299 e. The van der Waals surface area contributed by atoms with E-state index in [1.165, 1.54) is 32.1 Å². The summed E-state index contributed by atoms with van der Waals surface area (Å²) in [5, 5.41) is 0. The predicted molar refractivity (Wildman–Crippen MR) is 89.4 cm³/mol. The van der Waals surface area contributed by atoms with Crippen molar-refractivity contribution in [2.45, 2.75) is 70.0 Å². The normalized spacial score (nSPS) is 52.7. The molecule has 0 aromatic rings. The van der Waals surface area contributed by atoms with Crippen LogP contribution in [0.3, 0.4) is 0 Å². The second kappa shape index (κ2) is 4.69. The lowest BCUT2D eigenvalue weighted by Crippen LogP contribution is -2.50. The minimum absolute atomic E-state index is 0.0233. The largest absolute Gasteiger partial charge is 0.299 e. The highest BCUT2D eigenvalue weighted by molar-refractivity contribution is 9.09. The molecule has 0 aromatic heterocycles. The van der Waals surface area contributed by atoms with Gasteiger partial charge in [0.1, 0.15) is 5.78 Å². The number of Topliss-reactive ketones (excluding diaryl/α,β-unsaturated/α-hetero) is 1. The van der Waals surface area contributed by atoms with Crippen LogP contribution in [0.2, 0.25) is 0 Å². The highest BCUT2D eigenvalue weighted by atomic mass is 79.9. The molecule has 0 aromatic carbocycles. The fraction of sp³-hybridized carbons (Fsp3) is 0.842. The summed E-state index contributed by atoms with van der Waals surface area (Å²) in [4.78, 5) is 13.1. The molecule has 0 amide bonds. The summed E-state index contributed by atoms with van der Waals surface area (Å²) in [6, 6.07) is 0. The molecule has 0 heterocycles. The van der Waals surface area contributed by atoms with E-state index in [2.05, 4.69) is 35.9 Å². The second-order valence-electron chi connectivity index (χ2n) is 8.52. The van der Waals surface area contributed by atoms with Gasteiger partial charge in [0.15, 0.2) is 0 Å². The van der Waals surface area contributed by atoms with Gasteiger partial charge in [-0.15, -0.1) is 0 Å². The monoisotopic (exact) mass is 350 g/mol. The Morgan fingerprint density at radius 3 is 2.62 bits per heavy atom. The molecule has 0 spiro atoms. The standard InChI is InChI=1S/C19H27BrO/c1-18-9-7-13(20)11-12(18)3-4-14-15-5-6-17(21)19(15,2)10-8-16(14)18/h3,13-16H,4-11H2,1-2H3/t13-,14-,15-,16-,18-,19-/m0/s1. The number of ketones is 1. The van der Waals surface area contributed by atoms with Gasteiger partial charge in [-0.2, -0.15) is 0 Å². The zero-order chi connectivity index (χ0) is 14.8. The van der Waals surface area contributed by atoms with Crippen LogP contribution in [0, 0.1) is 28.6 Å². The number of rotatable bonds is 0. The quantitative estimate of drug-likeness (QED) is 0.429. The van der Waals surface area contributed by atoms with Gasteiger partial charge in [0, 0.05) is 16.7 Å². The van der Waals surface area contributed by atoms with Crippen LogP contribution in [0.15, 0.2) is 11.6 Å². The summed E-state index contributed by atoms with van der Waals surface area (Å²) >= 11 is 3.84. The van der Waals surface area contributed by atoms with Crippen LogP contribution in [0.25, 0.3) is 0 Å². The molecule has 4 rings (SSSR count).